The van der Waals surface area contributed by atoms with Crippen LogP contribution in [-0.2, 0) is 9.59 Å². The van der Waals surface area contributed by atoms with Gasteiger partial charge < -0.3 is 16.0 Å². The Hall–Kier alpha value is -1.10. The minimum Gasteiger partial charge on any atom is -0.342 e. The Morgan fingerprint density at radius 3 is 2.48 bits per heavy atom. The first-order valence-corrected chi connectivity index (χ1v) is 8.35. The van der Waals surface area contributed by atoms with Crippen LogP contribution in [0.25, 0.3) is 0 Å². The van der Waals surface area contributed by atoms with E-state index in [2.05, 4.69) is 5.32 Å². The summed E-state index contributed by atoms with van der Waals surface area (Å²) in [6.45, 7) is 3.13. The van der Waals surface area contributed by atoms with E-state index in [1.807, 2.05) is 4.90 Å². The first-order valence-electron chi connectivity index (χ1n) is 8.35. The van der Waals surface area contributed by atoms with Gasteiger partial charge in [-0.05, 0) is 37.5 Å². The second-order valence-electron chi connectivity index (χ2n) is 7.20. The van der Waals surface area contributed by atoms with E-state index >= 15 is 0 Å². The van der Waals surface area contributed by atoms with Crippen molar-refractivity contribution in [2.24, 2.45) is 17.6 Å². The summed E-state index contributed by atoms with van der Waals surface area (Å²) in [5, 5.41) is 2.99. The predicted molar refractivity (Wildman–Crippen MR) is 80.4 cm³/mol. The number of carbonyl (C=O) groups excluding carboxylic acids is 2. The molecule has 3 N–H and O–H groups in total. The molecule has 1 saturated heterocycles. The maximum atomic E-state index is 13.1. The molecule has 0 radical (unpaired) electrons. The summed E-state index contributed by atoms with van der Waals surface area (Å²) in [5.41, 5.74) is 5.52. The number of nitrogens with two attached hydrogens (primary N) is 1. The SMILES string of the molecule is CC(=O)NC1(C(=O)N2CC3CCC(N)C3C2)CCCCC1. The molecule has 1 heterocycles. The van der Waals surface area contributed by atoms with Crippen LogP contribution in [0.3, 0.4) is 0 Å². The zero-order valence-corrected chi connectivity index (χ0v) is 12.9. The van der Waals surface area contributed by atoms with Gasteiger partial charge in [0.1, 0.15) is 5.54 Å². The standard InChI is InChI=1S/C16H27N3O2/c1-11(20)18-16(7-3-2-4-8-16)15(21)19-9-12-5-6-14(17)13(12)10-19/h12-14H,2-10,17H2,1H3,(H,18,20). The third-order valence-corrected chi connectivity index (χ3v) is 5.73. The van der Waals surface area contributed by atoms with Crippen molar-refractivity contribution < 1.29 is 9.59 Å². The third-order valence-electron chi connectivity index (χ3n) is 5.73. The first-order chi connectivity index (χ1) is 10.0. The highest BCUT2D eigenvalue weighted by molar-refractivity contribution is 5.91. The largest absolute Gasteiger partial charge is 0.342 e. The Bertz CT molecular complexity index is 431. The van der Waals surface area contributed by atoms with Crippen molar-refractivity contribution in [1.29, 1.82) is 0 Å². The van der Waals surface area contributed by atoms with E-state index in [0.29, 0.717) is 11.8 Å². The number of carbonyl (C=O) groups is 2. The molecule has 3 unspecified atom stereocenters. The van der Waals surface area contributed by atoms with Crippen LogP contribution in [0.1, 0.15) is 51.9 Å². The Balaban J connectivity index is 1.74. The van der Waals surface area contributed by atoms with Gasteiger partial charge in [-0.15, -0.1) is 0 Å². The third kappa shape index (κ3) is 2.68. The number of hydrogen-bond donors (Lipinski definition) is 2. The molecule has 2 amide bonds. The number of rotatable bonds is 2. The monoisotopic (exact) mass is 293 g/mol. The predicted octanol–water partition coefficient (Wildman–Crippen LogP) is 1.02. The molecular formula is C16H27N3O2. The Labute approximate surface area is 126 Å². The van der Waals surface area contributed by atoms with Crippen LogP contribution >= 0.6 is 0 Å². The lowest BCUT2D eigenvalue weighted by atomic mass is 9.80. The topological polar surface area (TPSA) is 75.4 Å². The molecule has 2 saturated carbocycles. The van der Waals surface area contributed by atoms with Crippen molar-refractivity contribution in [3.05, 3.63) is 0 Å². The van der Waals surface area contributed by atoms with Crippen molar-refractivity contribution in [1.82, 2.24) is 10.2 Å². The average molecular weight is 293 g/mol. The van der Waals surface area contributed by atoms with Gasteiger partial charge in [0.2, 0.25) is 11.8 Å². The van der Waals surface area contributed by atoms with E-state index in [-0.39, 0.29) is 17.9 Å². The number of nitrogens with zero attached hydrogens (tertiary/aromatic N) is 1. The van der Waals surface area contributed by atoms with Gasteiger partial charge in [-0.25, -0.2) is 0 Å². The fourth-order valence-corrected chi connectivity index (χ4v) is 4.66. The van der Waals surface area contributed by atoms with Crippen molar-refractivity contribution in [3.63, 3.8) is 0 Å². The van der Waals surface area contributed by atoms with Crippen LogP contribution in [0.2, 0.25) is 0 Å². The maximum absolute atomic E-state index is 13.1. The molecule has 0 aromatic heterocycles. The lowest BCUT2D eigenvalue weighted by molar-refractivity contribution is -0.142. The van der Waals surface area contributed by atoms with Crippen LogP contribution in [0.5, 0.6) is 0 Å². The molecule has 118 valence electrons. The van der Waals surface area contributed by atoms with Gasteiger partial charge in [0.15, 0.2) is 0 Å². The molecule has 0 bridgehead atoms. The van der Waals surface area contributed by atoms with E-state index in [9.17, 15) is 9.59 Å². The highest BCUT2D eigenvalue weighted by Crippen LogP contribution is 2.39. The van der Waals surface area contributed by atoms with E-state index in [0.717, 1.165) is 58.0 Å². The highest BCUT2D eigenvalue weighted by atomic mass is 16.2. The van der Waals surface area contributed by atoms with Gasteiger partial charge in [0, 0.05) is 26.1 Å². The van der Waals surface area contributed by atoms with Gasteiger partial charge in [0.05, 0.1) is 0 Å². The van der Waals surface area contributed by atoms with Crippen LogP contribution in [0.4, 0.5) is 0 Å². The van der Waals surface area contributed by atoms with Crippen LogP contribution in [0.15, 0.2) is 0 Å². The molecule has 1 aliphatic heterocycles. The lowest BCUT2D eigenvalue weighted by Gasteiger charge is -2.39. The highest BCUT2D eigenvalue weighted by Gasteiger charge is 2.48. The summed E-state index contributed by atoms with van der Waals surface area (Å²) in [6, 6.07) is 0.246. The molecule has 0 aromatic carbocycles. The van der Waals surface area contributed by atoms with Gasteiger partial charge >= 0.3 is 0 Å². The average Bonchev–Trinajstić information content (AvgIpc) is 3.01. The summed E-state index contributed by atoms with van der Waals surface area (Å²) in [5.74, 6) is 1.08. The van der Waals surface area contributed by atoms with Gasteiger partial charge in [-0.1, -0.05) is 19.3 Å². The zero-order chi connectivity index (χ0) is 15.0. The van der Waals surface area contributed by atoms with Crippen LogP contribution in [0, 0.1) is 11.8 Å². The molecule has 21 heavy (non-hydrogen) atoms. The molecule has 3 aliphatic rings. The van der Waals surface area contributed by atoms with Crippen LogP contribution in [-0.4, -0.2) is 41.4 Å². The molecule has 0 spiro atoms. The van der Waals surface area contributed by atoms with Gasteiger partial charge in [0.25, 0.3) is 0 Å². The molecule has 3 rings (SSSR count). The summed E-state index contributed by atoms with van der Waals surface area (Å²) >= 11 is 0. The van der Waals surface area contributed by atoms with Crippen molar-refractivity contribution in [3.8, 4) is 0 Å². The molecule has 5 heteroatoms. The minimum absolute atomic E-state index is 0.0960. The minimum atomic E-state index is -0.646. The fourth-order valence-electron chi connectivity index (χ4n) is 4.66. The van der Waals surface area contributed by atoms with Gasteiger partial charge in [-0.3, -0.25) is 9.59 Å². The van der Waals surface area contributed by atoms with Gasteiger partial charge in [-0.2, -0.15) is 0 Å². The van der Waals surface area contributed by atoms with E-state index in [4.69, 9.17) is 5.73 Å². The molecule has 3 fully saturated rings. The Morgan fingerprint density at radius 1 is 1.14 bits per heavy atom. The summed E-state index contributed by atoms with van der Waals surface area (Å²) < 4.78 is 0. The molecular weight excluding hydrogens is 266 g/mol. The Kier molecular flexibility index (Phi) is 3.95. The number of hydrogen-bond acceptors (Lipinski definition) is 3. The first kappa shape index (κ1) is 14.8. The second-order valence-corrected chi connectivity index (χ2v) is 7.20. The number of amides is 2. The Morgan fingerprint density at radius 2 is 1.86 bits per heavy atom. The number of fused-ring (bicyclic) bond motifs is 1. The molecule has 2 aliphatic carbocycles. The number of likely N-dealkylation sites (tertiary alicyclic amines) is 1. The number of nitrogens with one attached hydrogen (secondary N) is 1. The summed E-state index contributed by atoms with van der Waals surface area (Å²) in [6.07, 6.45) is 6.99. The maximum Gasteiger partial charge on any atom is 0.248 e. The molecule has 5 nitrogen and oxygen atoms in total. The quantitative estimate of drug-likeness (QED) is 0.798. The van der Waals surface area contributed by atoms with Crippen molar-refractivity contribution in [2.75, 3.05) is 13.1 Å². The summed E-state index contributed by atoms with van der Waals surface area (Å²) in [7, 11) is 0. The van der Waals surface area contributed by atoms with E-state index in [1.54, 1.807) is 0 Å². The van der Waals surface area contributed by atoms with Crippen molar-refractivity contribution >= 4 is 11.8 Å². The molecule has 3 atom stereocenters. The fraction of sp³-hybridized carbons (Fsp3) is 0.875. The normalized spacial score (nSPS) is 34.6. The van der Waals surface area contributed by atoms with Crippen molar-refractivity contribution in [2.45, 2.75) is 63.5 Å². The zero-order valence-electron chi connectivity index (χ0n) is 12.9. The molecule has 0 aromatic rings. The second kappa shape index (κ2) is 5.59. The van der Waals surface area contributed by atoms with E-state index < -0.39 is 5.54 Å². The summed E-state index contributed by atoms with van der Waals surface area (Å²) in [4.78, 5) is 26.6. The van der Waals surface area contributed by atoms with E-state index in [1.165, 1.54) is 6.92 Å². The smallest absolute Gasteiger partial charge is 0.248 e. The lowest BCUT2D eigenvalue weighted by Crippen LogP contribution is -2.60. The van der Waals surface area contributed by atoms with Crippen LogP contribution < -0.4 is 11.1 Å².